The van der Waals surface area contributed by atoms with Crippen molar-refractivity contribution in [3.05, 3.63) is 82.9 Å². The summed E-state index contributed by atoms with van der Waals surface area (Å²) < 4.78 is 33.4. The summed E-state index contributed by atoms with van der Waals surface area (Å²) in [6.45, 7) is -0.326. The van der Waals surface area contributed by atoms with Gasteiger partial charge in [0.25, 0.3) is 5.91 Å². The first kappa shape index (κ1) is 18.8. The molecule has 140 valence electrons. The average Bonchev–Trinajstić information content (AvgIpc) is 3.05. The fourth-order valence-corrected chi connectivity index (χ4v) is 2.77. The Morgan fingerprint density at radius 2 is 1.93 bits per heavy atom. The van der Waals surface area contributed by atoms with Gasteiger partial charge in [0.05, 0.1) is 5.02 Å². The number of nitrogens with one attached hydrogen (secondary N) is 1. The second-order valence-corrected chi connectivity index (χ2v) is 6.22. The molecule has 1 aromatic heterocycles. The Balaban J connectivity index is 1.74. The molecule has 0 aliphatic rings. The number of ether oxygens (including phenoxy) is 1. The first-order valence-electron chi connectivity index (χ1n) is 8.04. The number of hydrogen-bond acceptors (Lipinski definition) is 3. The van der Waals surface area contributed by atoms with Crippen LogP contribution in [-0.2, 0) is 11.8 Å². The first-order chi connectivity index (χ1) is 12.9. The van der Waals surface area contributed by atoms with Gasteiger partial charge in [0.15, 0.2) is 6.61 Å². The van der Waals surface area contributed by atoms with Crippen molar-refractivity contribution in [3.8, 4) is 5.75 Å². The van der Waals surface area contributed by atoms with Crippen molar-refractivity contribution >= 4 is 17.5 Å². The number of halogens is 3. The third-order valence-electron chi connectivity index (χ3n) is 3.88. The molecule has 0 aliphatic carbocycles. The highest BCUT2D eigenvalue weighted by Gasteiger charge is 2.21. The lowest BCUT2D eigenvalue weighted by atomic mass is 10.1. The van der Waals surface area contributed by atoms with E-state index in [1.165, 1.54) is 24.3 Å². The Bertz CT molecular complexity index is 944. The van der Waals surface area contributed by atoms with Gasteiger partial charge in [-0.2, -0.15) is 0 Å². The summed E-state index contributed by atoms with van der Waals surface area (Å²) in [5.74, 6) is -0.535. The average molecular weight is 392 g/mol. The largest absolute Gasteiger partial charge is 0.482 e. The van der Waals surface area contributed by atoms with E-state index in [9.17, 15) is 13.6 Å². The molecule has 0 bridgehead atoms. The van der Waals surface area contributed by atoms with Crippen LogP contribution in [0.2, 0.25) is 5.02 Å². The molecule has 1 heterocycles. The van der Waals surface area contributed by atoms with E-state index in [-0.39, 0.29) is 23.2 Å². The van der Waals surface area contributed by atoms with Crippen molar-refractivity contribution in [1.82, 2.24) is 14.9 Å². The van der Waals surface area contributed by atoms with Gasteiger partial charge in [0.1, 0.15) is 29.3 Å². The number of carbonyl (C=O) groups is 1. The molecular formula is C19H16ClF2N3O2. The summed E-state index contributed by atoms with van der Waals surface area (Å²) in [7, 11) is 1.79. The molecule has 1 amide bonds. The van der Waals surface area contributed by atoms with Gasteiger partial charge in [0.2, 0.25) is 0 Å². The van der Waals surface area contributed by atoms with E-state index in [0.29, 0.717) is 11.4 Å². The molecule has 0 aliphatic heterocycles. The van der Waals surface area contributed by atoms with Gasteiger partial charge >= 0.3 is 0 Å². The number of benzene rings is 2. The number of nitrogens with zero attached hydrogens (tertiary/aromatic N) is 2. The zero-order chi connectivity index (χ0) is 19.4. The summed E-state index contributed by atoms with van der Waals surface area (Å²) in [6, 6.07) is 8.82. The smallest absolute Gasteiger partial charge is 0.258 e. The molecule has 8 heteroatoms. The third kappa shape index (κ3) is 4.62. The minimum Gasteiger partial charge on any atom is -0.482 e. The Kier molecular flexibility index (Phi) is 5.71. The molecule has 5 nitrogen and oxygen atoms in total. The predicted molar refractivity (Wildman–Crippen MR) is 96.5 cm³/mol. The fraction of sp³-hybridized carbons (Fsp3) is 0.158. The molecule has 2 aromatic carbocycles. The highest BCUT2D eigenvalue weighted by Crippen LogP contribution is 2.25. The van der Waals surface area contributed by atoms with E-state index in [1.54, 1.807) is 36.1 Å². The lowest BCUT2D eigenvalue weighted by Crippen LogP contribution is -2.34. The Hall–Kier alpha value is -2.93. The Morgan fingerprint density at radius 1 is 1.22 bits per heavy atom. The summed E-state index contributed by atoms with van der Waals surface area (Å²) in [4.78, 5) is 16.6. The highest BCUT2D eigenvalue weighted by atomic mass is 35.5. The quantitative estimate of drug-likeness (QED) is 0.698. The highest BCUT2D eigenvalue weighted by molar-refractivity contribution is 6.32. The van der Waals surface area contributed by atoms with Crippen LogP contribution in [0.15, 0.2) is 54.9 Å². The predicted octanol–water partition coefficient (Wildman–Crippen LogP) is 3.64. The summed E-state index contributed by atoms with van der Waals surface area (Å²) in [5.41, 5.74) is 0.666. The Morgan fingerprint density at radius 3 is 2.56 bits per heavy atom. The zero-order valence-corrected chi connectivity index (χ0v) is 15.1. The molecule has 3 rings (SSSR count). The van der Waals surface area contributed by atoms with Gasteiger partial charge < -0.3 is 14.6 Å². The second-order valence-electron chi connectivity index (χ2n) is 5.81. The van der Waals surface area contributed by atoms with Crippen molar-refractivity contribution < 1.29 is 18.3 Å². The number of rotatable bonds is 6. The lowest BCUT2D eigenvalue weighted by molar-refractivity contribution is -0.123. The molecule has 0 spiro atoms. The molecule has 27 heavy (non-hydrogen) atoms. The standard InChI is InChI=1S/C19H16ClF2N3O2/c1-25-9-8-23-19(25)18(12-2-4-13(21)5-3-12)24-17(26)11-27-16-7-6-14(22)10-15(16)20/h2-10,18H,11H2,1H3,(H,24,26)/t18-/m0/s1. The minimum absolute atomic E-state index is 0.0713. The van der Waals surface area contributed by atoms with Crippen molar-refractivity contribution in [1.29, 1.82) is 0 Å². The normalized spacial score (nSPS) is 11.9. The molecule has 1 atom stereocenters. The summed E-state index contributed by atoms with van der Waals surface area (Å²) >= 11 is 5.89. The fourth-order valence-electron chi connectivity index (χ4n) is 2.55. The molecule has 3 aromatic rings. The van der Waals surface area contributed by atoms with Gasteiger partial charge in [-0.25, -0.2) is 13.8 Å². The van der Waals surface area contributed by atoms with Crippen molar-refractivity contribution in [2.45, 2.75) is 6.04 Å². The van der Waals surface area contributed by atoms with Gasteiger partial charge in [-0.1, -0.05) is 23.7 Å². The Labute approximate surface area is 159 Å². The van der Waals surface area contributed by atoms with E-state index in [4.69, 9.17) is 16.3 Å². The maximum atomic E-state index is 13.2. The topological polar surface area (TPSA) is 56.2 Å². The van der Waals surface area contributed by atoms with Gasteiger partial charge in [-0.3, -0.25) is 4.79 Å². The molecule has 1 N–H and O–H groups in total. The lowest BCUT2D eigenvalue weighted by Gasteiger charge is -2.19. The molecule has 0 radical (unpaired) electrons. The monoisotopic (exact) mass is 391 g/mol. The second kappa shape index (κ2) is 8.18. The SMILES string of the molecule is Cn1ccnc1[C@@H](NC(=O)COc1ccc(F)cc1Cl)c1ccc(F)cc1. The van der Waals surface area contributed by atoms with Crippen molar-refractivity contribution in [2.24, 2.45) is 7.05 Å². The van der Waals surface area contributed by atoms with Crippen LogP contribution >= 0.6 is 11.6 Å². The molecular weight excluding hydrogens is 376 g/mol. The number of carbonyl (C=O) groups excluding carboxylic acids is 1. The number of hydrogen-bond donors (Lipinski definition) is 1. The van der Waals surface area contributed by atoms with Crippen LogP contribution in [0.1, 0.15) is 17.4 Å². The van der Waals surface area contributed by atoms with Crippen LogP contribution in [0, 0.1) is 11.6 Å². The summed E-state index contributed by atoms with van der Waals surface area (Å²) in [5, 5.41) is 2.88. The maximum absolute atomic E-state index is 13.2. The van der Waals surface area contributed by atoms with E-state index < -0.39 is 17.8 Å². The molecule has 0 saturated heterocycles. The van der Waals surface area contributed by atoms with Crippen molar-refractivity contribution in [2.75, 3.05) is 6.61 Å². The number of aromatic nitrogens is 2. The maximum Gasteiger partial charge on any atom is 0.258 e. The van der Waals surface area contributed by atoms with Crippen LogP contribution < -0.4 is 10.1 Å². The van der Waals surface area contributed by atoms with Crippen LogP contribution in [-0.4, -0.2) is 22.1 Å². The molecule has 0 saturated carbocycles. The number of imidazole rings is 1. The third-order valence-corrected chi connectivity index (χ3v) is 4.17. The van der Waals surface area contributed by atoms with Crippen LogP contribution in [0.25, 0.3) is 0 Å². The first-order valence-corrected chi connectivity index (χ1v) is 8.41. The van der Waals surface area contributed by atoms with Crippen LogP contribution in [0.5, 0.6) is 5.75 Å². The molecule has 0 fully saturated rings. The van der Waals surface area contributed by atoms with Crippen LogP contribution in [0.3, 0.4) is 0 Å². The molecule has 0 unspecified atom stereocenters. The van der Waals surface area contributed by atoms with E-state index in [1.807, 2.05) is 0 Å². The van der Waals surface area contributed by atoms with E-state index >= 15 is 0 Å². The van der Waals surface area contributed by atoms with E-state index in [2.05, 4.69) is 10.3 Å². The minimum atomic E-state index is -0.592. The van der Waals surface area contributed by atoms with Crippen LogP contribution in [0.4, 0.5) is 8.78 Å². The number of amides is 1. The van der Waals surface area contributed by atoms with Gasteiger partial charge in [-0.15, -0.1) is 0 Å². The summed E-state index contributed by atoms with van der Waals surface area (Å²) in [6.07, 6.45) is 3.35. The number of aryl methyl sites for hydroxylation is 1. The van der Waals surface area contributed by atoms with Gasteiger partial charge in [-0.05, 0) is 35.9 Å². The van der Waals surface area contributed by atoms with Crippen molar-refractivity contribution in [3.63, 3.8) is 0 Å². The zero-order valence-electron chi connectivity index (χ0n) is 14.3. The van der Waals surface area contributed by atoms with E-state index in [0.717, 1.165) is 6.07 Å². The van der Waals surface area contributed by atoms with Gasteiger partial charge in [0, 0.05) is 19.4 Å².